The van der Waals surface area contributed by atoms with Crippen LogP contribution >= 0.6 is 0 Å². The number of benzene rings is 2. The Morgan fingerprint density at radius 3 is 2.72 bits per heavy atom. The molecule has 10 nitrogen and oxygen atoms in total. The first-order valence-corrected chi connectivity index (χ1v) is 12.0. The molecule has 0 aliphatic rings. The van der Waals surface area contributed by atoms with Gasteiger partial charge >= 0.3 is 6.09 Å². The van der Waals surface area contributed by atoms with Gasteiger partial charge in [-0.3, -0.25) is 0 Å². The molecule has 1 amide bonds. The number of aryl methyl sites for hydroxylation is 3. The predicted octanol–water partition coefficient (Wildman–Crippen LogP) is 3.65. The van der Waals surface area contributed by atoms with E-state index in [0.717, 1.165) is 22.6 Å². The van der Waals surface area contributed by atoms with E-state index in [9.17, 15) is 15.0 Å². The van der Waals surface area contributed by atoms with E-state index in [0.29, 0.717) is 43.1 Å². The maximum absolute atomic E-state index is 12.1. The molecule has 0 bridgehead atoms. The summed E-state index contributed by atoms with van der Waals surface area (Å²) >= 11 is 0. The van der Waals surface area contributed by atoms with Crippen LogP contribution < -0.4 is 10.6 Å². The Hall–Kier alpha value is -3.89. The van der Waals surface area contributed by atoms with Gasteiger partial charge in [0.15, 0.2) is 0 Å². The van der Waals surface area contributed by atoms with Gasteiger partial charge in [0.1, 0.15) is 18.5 Å². The van der Waals surface area contributed by atoms with Crippen molar-refractivity contribution in [3.05, 3.63) is 71.4 Å². The molecule has 4 aromatic rings. The van der Waals surface area contributed by atoms with Gasteiger partial charge in [-0.1, -0.05) is 42.5 Å². The molecule has 0 radical (unpaired) electrons. The number of fused-ring (bicyclic) bond motifs is 1. The van der Waals surface area contributed by atoms with Gasteiger partial charge in [0.2, 0.25) is 5.95 Å². The second-order valence-corrected chi connectivity index (χ2v) is 8.45. The Morgan fingerprint density at radius 1 is 1.17 bits per heavy atom. The van der Waals surface area contributed by atoms with Crippen molar-refractivity contribution in [1.29, 1.82) is 0 Å². The van der Waals surface area contributed by atoms with Crippen LogP contribution in [-0.2, 0) is 24.4 Å². The van der Waals surface area contributed by atoms with E-state index >= 15 is 0 Å². The monoisotopic (exact) mass is 492 g/mol. The van der Waals surface area contributed by atoms with Crippen LogP contribution in [0.5, 0.6) is 0 Å². The Balaban J connectivity index is 1.48. The fourth-order valence-electron chi connectivity index (χ4n) is 4.06. The third-order valence-corrected chi connectivity index (χ3v) is 5.82. The number of imidazole rings is 1. The number of alkyl carbamates (subject to hydrolysis) is 1. The minimum atomic E-state index is -1.03. The van der Waals surface area contributed by atoms with E-state index < -0.39 is 18.8 Å². The molecular formula is C26H32N6O4. The Morgan fingerprint density at radius 2 is 1.97 bits per heavy atom. The van der Waals surface area contributed by atoms with E-state index in [4.69, 9.17) is 9.72 Å². The van der Waals surface area contributed by atoms with E-state index in [-0.39, 0.29) is 6.61 Å². The lowest BCUT2D eigenvalue weighted by Gasteiger charge is -2.12. The van der Waals surface area contributed by atoms with Crippen LogP contribution in [0.1, 0.15) is 36.3 Å². The Bertz CT molecular complexity index is 1300. The average Bonchev–Trinajstić information content (AvgIpc) is 3.44. The first kappa shape index (κ1) is 25.2. The van der Waals surface area contributed by atoms with E-state index in [2.05, 4.69) is 15.7 Å². The highest BCUT2D eigenvalue weighted by Gasteiger charge is 2.18. The second-order valence-electron chi connectivity index (χ2n) is 8.45. The number of anilines is 2. The molecule has 1 unspecified atom stereocenters. The highest BCUT2D eigenvalue weighted by molar-refractivity contribution is 5.83. The molecule has 2 heterocycles. The zero-order valence-electron chi connectivity index (χ0n) is 20.5. The van der Waals surface area contributed by atoms with Crippen molar-refractivity contribution in [2.24, 2.45) is 0 Å². The number of carbonyl (C=O) groups is 1. The zero-order valence-corrected chi connectivity index (χ0v) is 20.5. The molecule has 0 saturated heterocycles. The number of carbonyl (C=O) groups excluding carboxylic acids is 1. The van der Waals surface area contributed by atoms with Crippen molar-refractivity contribution in [2.45, 2.75) is 46.1 Å². The summed E-state index contributed by atoms with van der Waals surface area (Å²) in [5, 5.41) is 30.5. The average molecular weight is 493 g/mol. The fourth-order valence-corrected chi connectivity index (χ4v) is 4.06. The van der Waals surface area contributed by atoms with Crippen molar-refractivity contribution in [2.75, 3.05) is 18.5 Å². The van der Waals surface area contributed by atoms with Gasteiger partial charge in [-0.05, 0) is 31.9 Å². The fraction of sp³-hybridized carbons (Fsp3) is 0.346. The molecule has 0 saturated carbocycles. The molecule has 0 aliphatic heterocycles. The number of ether oxygens (including phenoxy) is 1. The highest BCUT2D eigenvalue weighted by Crippen LogP contribution is 2.29. The topological polar surface area (TPSA) is 126 Å². The predicted molar refractivity (Wildman–Crippen MR) is 137 cm³/mol. The normalized spacial score (nSPS) is 12.0. The SMILES string of the molecule is CCn1nc(C)cc1Nc1nc2c(C(O)CO)cccc2n1CCCNC(=O)OCc1ccccc1. The minimum Gasteiger partial charge on any atom is -0.445 e. The van der Waals surface area contributed by atoms with Crippen LogP contribution in [0.4, 0.5) is 16.6 Å². The highest BCUT2D eigenvalue weighted by atomic mass is 16.5. The number of aliphatic hydroxyl groups excluding tert-OH is 2. The number of aliphatic hydroxyl groups is 2. The zero-order chi connectivity index (χ0) is 25.5. The van der Waals surface area contributed by atoms with Gasteiger partial charge in [-0.15, -0.1) is 0 Å². The van der Waals surface area contributed by atoms with Crippen LogP contribution in [0.15, 0.2) is 54.6 Å². The number of rotatable bonds is 11. The molecule has 1 atom stereocenters. The third kappa shape index (κ3) is 5.84. The molecule has 0 spiro atoms. The second kappa shape index (κ2) is 11.7. The number of aromatic nitrogens is 4. The van der Waals surface area contributed by atoms with E-state index in [1.54, 1.807) is 6.07 Å². The van der Waals surface area contributed by atoms with Gasteiger partial charge in [0.25, 0.3) is 0 Å². The summed E-state index contributed by atoms with van der Waals surface area (Å²) in [5.74, 6) is 1.39. The number of nitrogens with one attached hydrogen (secondary N) is 2. The Labute approximate surface area is 209 Å². The van der Waals surface area contributed by atoms with Crippen LogP contribution in [0.2, 0.25) is 0 Å². The number of para-hydroxylation sites is 1. The third-order valence-electron chi connectivity index (χ3n) is 5.82. The quantitative estimate of drug-likeness (QED) is 0.235. The first-order valence-electron chi connectivity index (χ1n) is 12.0. The summed E-state index contributed by atoms with van der Waals surface area (Å²) in [6, 6.07) is 17.0. The van der Waals surface area contributed by atoms with Crippen LogP contribution in [-0.4, -0.2) is 48.8 Å². The molecule has 190 valence electrons. The van der Waals surface area contributed by atoms with E-state index in [1.165, 1.54) is 0 Å². The first-order chi connectivity index (χ1) is 17.5. The molecule has 4 rings (SSSR count). The van der Waals surface area contributed by atoms with Gasteiger partial charge < -0.3 is 30.2 Å². The minimum absolute atomic E-state index is 0.216. The van der Waals surface area contributed by atoms with Gasteiger partial charge in [0, 0.05) is 31.3 Å². The molecule has 2 aromatic heterocycles. The number of hydrogen-bond donors (Lipinski definition) is 4. The molecule has 36 heavy (non-hydrogen) atoms. The summed E-state index contributed by atoms with van der Waals surface area (Å²) in [6.45, 7) is 5.42. The summed E-state index contributed by atoms with van der Waals surface area (Å²) < 4.78 is 9.13. The summed E-state index contributed by atoms with van der Waals surface area (Å²) in [7, 11) is 0. The standard InChI is InChI=1S/C26H32N6O4/c1-3-32-23(15-18(2)30-32)28-25-29-24-20(22(34)16-33)11-7-12-21(24)31(25)14-8-13-27-26(35)36-17-19-9-5-4-6-10-19/h4-7,9-12,15,22,33-34H,3,8,13-14,16-17H2,1-2H3,(H,27,35)(H,28,29). The number of nitrogens with zero attached hydrogens (tertiary/aromatic N) is 4. The number of hydrogen-bond acceptors (Lipinski definition) is 7. The lowest BCUT2D eigenvalue weighted by atomic mass is 10.1. The molecule has 0 aliphatic carbocycles. The lowest BCUT2D eigenvalue weighted by Crippen LogP contribution is -2.26. The van der Waals surface area contributed by atoms with Crippen LogP contribution in [0.3, 0.4) is 0 Å². The van der Waals surface area contributed by atoms with Crippen LogP contribution in [0, 0.1) is 6.92 Å². The number of amides is 1. The molecule has 2 aromatic carbocycles. The van der Waals surface area contributed by atoms with Crippen molar-refractivity contribution in [3.8, 4) is 0 Å². The molecule has 0 fully saturated rings. The van der Waals surface area contributed by atoms with E-state index in [1.807, 2.05) is 71.6 Å². The smallest absolute Gasteiger partial charge is 0.407 e. The summed E-state index contributed by atoms with van der Waals surface area (Å²) in [5.41, 5.74) is 3.79. The molecule has 10 heteroatoms. The summed E-state index contributed by atoms with van der Waals surface area (Å²) in [4.78, 5) is 16.9. The maximum Gasteiger partial charge on any atom is 0.407 e. The van der Waals surface area contributed by atoms with Crippen molar-refractivity contribution in [3.63, 3.8) is 0 Å². The van der Waals surface area contributed by atoms with Gasteiger partial charge in [-0.2, -0.15) is 5.10 Å². The van der Waals surface area contributed by atoms with Crippen molar-refractivity contribution >= 4 is 28.9 Å². The molecular weight excluding hydrogens is 460 g/mol. The van der Waals surface area contributed by atoms with Gasteiger partial charge in [0.05, 0.1) is 23.3 Å². The molecule has 4 N–H and O–H groups in total. The van der Waals surface area contributed by atoms with Crippen molar-refractivity contribution in [1.82, 2.24) is 24.6 Å². The maximum atomic E-state index is 12.1. The van der Waals surface area contributed by atoms with Gasteiger partial charge in [-0.25, -0.2) is 14.5 Å². The van der Waals surface area contributed by atoms with Crippen LogP contribution in [0.25, 0.3) is 11.0 Å². The Kier molecular flexibility index (Phi) is 8.19. The van der Waals surface area contributed by atoms with Crippen molar-refractivity contribution < 1.29 is 19.7 Å². The summed E-state index contributed by atoms with van der Waals surface area (Å²) in [6.07, 6.45) is -0.878. The largest absolute Gasteiger partial charge is 0.445 e. The lowest BCUT2D eigenvalue weighted by molar-refractivity contribution is 0.0966.